The van der Waals surface area contributed by atoms with Crippen molar-refractivity contribution in [1.82, 2.24) is 0 Å². The summed E-state index contributed by atoms with van der Waals surface area (Å²) in [7, 11) is 0. The lowest BCUT2D eigenvalue weighted by molar-refractivity contribution is 0.463. The predicted octanol–water partition coefficient (Wildman–Crippen LogP) is 6.25. The smallest absolute Gasteiger partial charge is 0.155 e. The third-order valence-corrected chi connectivity index (χ3v) is 4.58. The summed E-state index contributed by atoms with van der Waals surface area (Å²) in [5, 5.41) is 19.1. The van der Waals surface area contributed by atoms with Gasteiger partial charge in [-0.25, -0.2) is 0 Å². The molecule has 0 fully saturated rings. The van der Waals surface area contributed by atoms with Crippen LogP contribution in [-0.2, 0) is 0 Å². The second-order valence-corrected chi connectivity index (χ2v) is 6.74. The maximum absolute atomic E-state index is 10.1. The van der Waals surface area contributed by atoms with Crippen molar-refractivity contribution in [2.45, 2.75) is 0 Å². The van der Waals surface area contributed by atoms with E-state index in [2.05, 4.69) is 37.9 Å². The van der Waals surface area contributed by atoms with Crippen molar-refractivity contribution in [3.63, 3.8) is 0 Å². The van der Waals surface area contributed by atoms with Crippen molar-refractivity contribution in [3.05, 3.63) is 75.2 Å². The van der Waals surface area contributed by atoms with Gasteiger partial charge in [-0.2, -0.15) is 5.26 Å². The topological polar surface area (TPSA) is 53.2 Å². The van der Waals surface area contributed by atoms with Gasteiger partial charge in [-0.3, -0.25) is 0 Å². The van der Waals surface area contributed by atoms with Gasteiger partial charge in [0, 0.05) is 5.56 Å². The van der Waals surface area contributed by atoms with Gasteiger partial charge in [0.05, 0.1) is 20.6 Å². The maximum atomic E-state index is 10.1. The Morgan fingerprint density at radius 1 is 0.917 bits per heavy atom. The highest BCUT2D eigenvalue weighted by molar-refractivity contribution is 9.11. The van der Waals surface area contributed by atoms with Crippen molar-refractivity contribution in [1.29, 1.82) is 5.26 Å². The number of nitriles is 1. The summed E-state index contributed by atoms with van der Waals surface area (Å²) in [4.78, 5) is 0. The third kappa shape index (κ3) is 3.45. The van der Waals surface area contributed by atoms with Gasteiger partial charge in [0.25, 0.3) is 0 Å². The number of ether oxygens (including phenoxy) is 1. The van der Waals surface area contributed by atoms with Crippen molar-refractivity contribution in [2.24, 2.45) is 0 Å². The van der Waals surface area contributed by atoms with E-state index < -0.39 is 0 Å². The van der Waals surface area contributed by atoms with Crippen molar-refractivity contribution >= 4 is 31.9 Å². The molecule has 0 unspecified atom stereocenters. The molecule has 0 saturated carbocycles. The summed E-state index contributed by atoms with van der Waals surface area (Å²) in [5.41, 5.74) is 2.11. The Morgan fingerprint density at radius 3 is 2.21 bits per heavy atom. The van der Waals surface area contributed by atoms with Crippen LogP contribution in [0.4, 0.5) is 0 Å². The van der Waals surface area contributed by atoms with Gasteiger partial charge in [-0.1, -0.05) is 30.3 Å². The lowest BCUT2D eigenvalue weighted by Crippen LogP contribution is -1.90. The number of nitrogens with zero attached hydrogens (tertiary/aromatic N) is 1. The number of halogens is 2. The fraction of sp³-hybridized carbons (Fsp3) is 0. The number of phenols is 1. The zero-order chi connectivity index (χ0) is 17.1. The Hall–Kier alpha value is -2.29. The molecule has 3 rings (SSSR count). The number of rotatable bonds is 3. The van der Waals surface area contributed by atoms with E-state index in [1.165, 1.54) is 0 Å². The van der Waals surface area contributed by atoms with Gasteiger partial charge >= 0.3 is 0 Å². The number of aromatic hydroxyl groups is 1. The standard InChI is InChI=1S/C19H11Br2NO2/c20-16-8-12(11-22)9-17(21)19(16)24-14-6-7-18(23)15(10-14)13-4-2-1-3-5-13/h1-10,23H. The summed E-state index contributed by atoms with van der Waals surface area (Å²) < 4.78 is 7.28. The average Bonchev–Trinajstić information content (AvgIpc) is 2.60. The molecule has 1 N–H and O–H groups in total. The van der Waals surface area contributed by atoms with Crippen LogP contribution in [0.3, 0.4) is 0 Å². The van der Waals surface area contributed by atoms with Crippen LogP contribution in [0.1, 0.15) is 5.56 Å². The lowest BCUT2D eigenvalue weighted by atomic mass is 10.0. The van der Waals surface area contributed by atoms with Gasteiger partial charge in [0.15, 0.2) is 5.75 Å². The minimum absolute atomic E-state index is 0.187. The summed E-state index contributed by atoms with van der Waals surface area (Å²) in [6.07, 6.45) is 0. The largest absolute Gasteiger partial charge is 0.507 e. The monoisotopic (exact) mass is 443 g/mol. The van der Waals surface area contributed by atoms with Crippen LogP contribution in [0, 0.1) is 11.3 Å². The number of hydrogen-bond donors (Lipinski definition) is 1. The third-order valence-electron chi connectivity index (χ3n) is 3.40. The molecule has 0 atom stereocenters. The summed E-state index contributed by atoms with van der Waals surface area (Å²) in [6, 6.07) is 20.1. The molecule has 0 amide bonds. The van der Waals surface area contributed by atoms with Crippen LogP contribution >= 0.6 is 31.9 Å². The van der Waals surface area contributed by atoms with Crippen LogP contribution in [0.5, 0.6) is 17.2 Å². The molecule has 0 radical (unpaired) electrons. The molecular formula is C19H11Br2NO2. The molecule has 0 aliphatic heterocycles. The van der Waals surface area contributed by atoms with Gasteiger partial charge in [0.2, 0.25) is 0 Å². The van der Waals surface area contributed by atoms with E-state index in [-0.39, 0.29) is 5.75 Å². The quantitative estimate of drug-likeness (QED) is 0.519. The van der Waals surface area contributed by atoms with Crippen molar-refractivity contribution in [2.75, 3.05) is 0 Å². The van der Waals surface area contributed by atoms with Crippen molar-refractivity contribution < 1.29 is 9.84 Å². The first kappa shape index (κ1) is 16.6. The van der Waals surface area contributed by atoms with Crippen LogP contribution < -0.4 is 4.74 Å². The Bertz CT molecular complexity index is 911. The van der Waals surface area contributed by atoms with Crippen LogP contribution in [0.25, 0.3) is 11.1 Å². The van der Waals surface area contributed by atoms with E-state index in [1.54, 1.807) is 30.3 Å². The molecule has 5 heteroatoms. The van der Waals surface area contributed by atoms with Gasteiger partial charge in [0.1, 0.15) is 11.5 Å². The molecular weight excluding hydrogens is 434 g/mol. The van der Waals surface area contributed by atoms with E-state index in [0.29, 0.717) is 31.6 Å². The summed E-state index contributed by atoms with van der Waals surface area (Å²) in [5.74, 6) is 1.34. The number of phenolic OH excluding ortho intramolecular Hbond substituents is 1. The van der Waals surface area contributed by atoms with Gasteiger partial charge < -0.3 is 9.84 Å². The first-order chi connectivity index (χ1) is 11.6. The number of hydrogen-bond acceptors (Lipinski definition) is 3. The van der Waals surface area contributed by atoms with E-state index >= 15 is 0 Å². The minimum Gasteiger partial charge on any atom is -0.507 e. The molecule has 3 nitrogen and oxygen atoms in total. The van der Waals surface area contributed by atoms with Crippen molar-refractivity contribution in [3.8, 4) is 34.4 Å². The highest BCUT2D eigenvalue weighted by atomic mass is 79.9. The van der Waals surface area contributed by atoms with Crippen LogP contribution in [-0.4, -0.2) is 5.11 Å². The zero-order valence-electron chi connectivity index (χ0n) is 12.3. The Kier molecular flexibility index (Phi) is 4.89. The Labute approximate surface area is 156 Å². The predicted molar refractivity (Wildman–Crippen MR) is 100 cm³/mol. The fourth-order valence-electron chi connectivity index (χ4n) is 2.27. The highest BCUT2D eigenvalue weighted by Gasteiger charge is 2.12. The molecule has 24 heavy (non-hydrogen) atoms. The SMILES string of the molecule is N#Cc1cc(Br)c(Oc2ccc(O)c(-c3ccccc3)c2)c(Br)c1. The summed E-state index contributed by atoms with van der Waals surface area (Å²) >= 11 is 6.84. The molecule has 3 aromatic carbocycles. The van der Waals surface area contributed by atoms with E-state index in [9.17, 15) is 5.11 Å². The number of benzene rings is 3. The van der Waals surface area contributed by atoms with E-state index in [4.69, 9.17) is 10.00 Å². The normalized spacial score (nSPS) is 10.2. The fourth-order valence-corrected chi connectivity index (χ4v) is 3.62. The van der Waals surface area contributed by atoms with E-state index in [1.807, 2.05) is 30.3 Å². The molecule has 3 aromatic rings. The molecule has 0 spiro atoms. The van der Waals surface area contributed by atoms with Crippen LogP contribution in [0.2, 0.25) is 0 Å². The second kappa shape index (κ2) is 7.08. The lowest BCUT2D eigenvalue weighted by Gasteiger charge is -2.12. The van der Waals surface area contributed by atoms with Gasteiger partial charge in [-0.15, -0.1) is 0 Å². The first-order valence-electron chi connectivity index (χ1n) is 7.04. The molecule has 0 aliphatic rings. The highest BCUT2D eigenvalue weighted by Crippen LogP contribution is 2.40. The molecule has 118 valence electrons. The summed E-state index contributed by atoms with van der Waals surface area (Å²) in [6.45, 7) is 0. The molecule has 0 aliphatic carbocycles. The first-order valence-corrected chi connectivity index (χ1v) is 8.62. The Morgan fingerprint density at radius 2 is 1.58 bits per heavy atom. The second-order valence-electron chi connectivity index (χ2n) is 5.03. The van der Waals surface area contributed by atoms with E-state index in [0.717, 1.165) is 5.56 Å². The molecule has 0 bridgehead atoms. The van der Waals surface area contributed by atoms with Gasteiger partial charge in [-0.05, 0) is 67.8 Å². The molecule has 0 saturated heterocycles. The maximum Gasteiger partial charge on any atom is 0.155 e. The molecule has 0 heterocycles. The van der Waals surface area contributed by atoms with Crippen LogP contribution in [0.15, 0.2) is 69.6 Å². The minimum atomic E-state index is 0.187. The average molecular weight is 445 g/mol. The Balaban J connectivity index is 1.99. The molecule has 0 aromatic heterocycles. The zero-order valence-corrected chi connectivity index (χ0v) is 15.5.